The Labute approximate surface area is 86.2 Å². The fraction of sp³-hybridized carbons (Fsp3) is 0.455. The third-order valence-corrected chi connectivity index (χ3v) is 2.69. The number of rotatable bonds is 1. The molecule has 1 heterocycles. The van der Waals surface area contributed by atoms with Gasteiger partial charge in [-0.05, 0) is 31.9 Å². The molecule has 0 spiro atoms. The molecule has 2 rings (SSSR count). The van der Waals surface area contributed by atoms with E-state index in [9.17, 15) is 0 Å². The van der Waals surface area contributed by atoms with Gasteiger partial charge in [0.2, 0.25) is 0 Å². The van der Waals surface area contributed by atoms with Crippen LogP contribution in [-0.4, -0.2) is 12.6 Å². The molecule has 1 aliphatic rings. The van der Waals surface area contributed by atoms with Crippen LogP contribution < -0.4 is 4.90 Å². The van der Waals surface area contributed by atoms with Gasteiger partial charge < -0.3 is 4.90 Å². The quantitative estimate of drug-likeness (QED) is 0.669. The van der Waals surface area contributed by atoms with Gasteiger partial charge in [-0.15, -0.1) is 12.4 Å². The number of likely N-dealkylation sites (N-methyl/N-ethyl adjacent to an activating group) is 1. The SMILES string of the molecule is CCN1c2ccccc2CC1C.Cl. The zero-order chi connectivity index (χ0) is 8.55. The normalized spacial score (nSPS) is 19.5. The lowest BCUT2D eigenvalue weighted by molar-refractivity contribution is 0.690. The average Bonchev–Trinajstić information content (AvgIpc) is 2.40. The van der Waals surface area contributed by atoms with Crippen molar-refractivity contribution < 1.29 is 0 Å². The fourth-order valence-corrected chi connectivity index (χ4v) is 2.11. The van der Waals surface area contributed by atoms with Crippen LogP contribution in [0.5, 0.6) is 0 Å². The van der Waals surface area contributed by atoms with Crippen LogP contribution in [0.1, 0.15) is 19.4 Å². The van der Waals surface area contributed by atoms with Crippen LogP contribution in [-0.2, 0) is 6.42 Å². The highest BCUT2D eigenvalue weighted by Crippen LogP contribution is 2.30. The molecule has 0 saturated heterocycles. The van der Waals surface area contributed by atoms with Crippen molar-refractivity contribution in [2.45, 2.75) is 26.3 Å². The zero-order valence-electron chi connectivity index (χ0n) is 8.16. The van der Waals surface area contributed by atoms with Gasteiger partial charge in [-0.25, -0.2) is 0 Å². The number of para-hydroxylation sites is 1. The van der Waals surface area contributed by atoms with Gasteiger partial charge in [0.05, 0.1) is 0 Å². The highest BCUT2D eigenvalue weighted by molar-refractivity contribution is 5.85. The van der Waals surface area contributed by atoms with Crippen LogP contribution in [0.15, 0.2) is 24.3 Å². The summed E-state index contributed by atoms with van der Waals surface area (Å²) in [6, 6.07) is 9.40. The first-order chi connectivity index (χ1) is 5.83. The lowest BCUT2D eigenvalue weighted by Crippen LogP contribution is -2.28. The molecule has 0 aromatic heterocycles. The largest absolute Gasteiger partial charge is 0.369 e. The monoisotopic (exact) mass is 197 g/mol. The maximum atomic E-state index is 2.47. The molecule has 0 aliphatic carbocycles. The Bertz CT molecular complexity index is 285. The number of halogens is 1. The second-order valence-electron chi connectivity index (χ2n) is 3.47. The number of hydrogen-bond donors (Lipinski definition) is 0. The minimum absolute atomic E-state index is 0. The van der Waals surface area contributed by atoms with Crippen LogP contribution >= 0.6 is 12.4 Å². The molecular formula is C11H16ClN. The summed E-state index contributed by atoms with van der Waals surface area (Å²) in [5.41, 5.74) is 2.94. The molecule has 0 N–H and O–H groups in total. The molecule has 0 radical (unpaired) electrons. The fourth-order valence-electron chi connectivity index (χ4n) is 2.11. The molecule has 13 heavy (non-hydrogen) atoms. The smallest absolute Gasteiger partial charge is 0.0401 e. The van der Waals surface area contributed by atoms with Gasteiger partial charge in [-0.3, -0.25) is 0 Å². The van der Waals surface area contributed by atoms with E-state index >= 15 is 0 Å². The molecule has 0 bridgehead atoms. The first-order valence-corrected chi connectivity index (χ1v) is 4.67. The predicted molar refractivity (Wildman–Crippen MR) is 59.9 cm³/mol. The molecule has 1 aliphatic heterocycles. The summed E-state index contributed by atoms with van der Waals surface area (Å²) < 4.78 is 0. The van der Waals surface area contributed by atoms with E-state index in [2.05, 4.69) is 43.0 Å². The van der Waals surface area contributed by atoms with E-state index in [4.69, 9.17) is 0 Å². The van der Waals surface area contributed by atoms with Crippen LogP contribution in [0, 0.1) is 0 Å². The van der Waals surface area contributed by atoms with E-state index in [1.807, 2.05) is 0 Å². The average molecular weight is 198 g/mol. The van der Waals surface area contributed by atoms with Gasteiger partial charge in [-0.2, -0.15) is 0 Å². The third kappa shape index (κ3) is 1.66. The van der Waals surface area contributed by atoms with E-state index in [1.54, 1.807) is 0 Å². The maximum absolute atomic E-state index is 2.47. The molecule has 1 atom stereocenters. The van der Waals surface area contributed by atoms with Crippen molar-refractivity contribution >= 4 is 18.1 Å². The van der Waals surface area contributed by atoms with Crippen molar-refractivity contribution in [3.05, 3.63) is 29.8 Å². The Morgan fingerprint density at radius 3 is 2.77 bits per heavy atom. The molecule has 1 unspecified atom stereocenters. The minimum Gasteiger partial charge on any atom is -0.369 e. The summed E-state index contributed by atoms with van der Waals surface area (Å²) in [5.74, 6) is 0. The zero-order valence-corrected chi connectivity index (χ0v) is 8.97. The third-order valence-electron chi connectivity index (χ3n) is 2.69. The van der Waals surface area contributed by atoms with E-state index in [1.165, 1.54) is 17.7 Å². The molecule has 1 aromatic rings. The lowest BCUT2D eigenvalue weighted by atomic mass is 10.1. The Morgan fingerprint density at radius 1 is 1.38 bits per heavy atom. The minimum atomic E-state index is 0. The number of anilines is 1. The Balaban J connectivity index is 0.000000845. The van der Waals surface area contributed by atoms with Gasteiger partial charge in [0, 0.05) is 18.3 Å². The second kappa shape index (κ2) is 4.01. The number of benzene rings is 1. The standard InChI is InChI=1S/C11H15N.ClH/c1-3-12-9(2)8-10-6-4-5-7-11(10)12;/h4-7,9H,3,8H2,1-2H3;1H. The van der Waals surface area contributed by atoms with Gasteiger partial charge in [-0.1, -0.05) is 18.2 Å². The Kier molecular flexibility index (Phi) is 3.21. The van der Waals surface area contributed by atoms with Gasteiger partial charge in [0.1, 0.15) is 0 Å². The number of fused-ring (bicyclic) bond motifs is 1. The van der Waals surface area contributed by atoms with Crippen molar-refractivity contribution in [2.75, 3.05) is 11.4 Å². The van der Waals surface area contributed by atoms with Crippen molar-refractivity contribution in [1.29, 1.82) is 0 Å². The molecule has 1 aromatic carbocycles. The molecule has 2 heteroatoms. The highest BCUT2D eigenvalue weighted by atomic mass is 35.5. The first kappa shape index (κ1) is 10.4. The highest BCUT2D eigenvalue weighted by Gasteiger charge is 2.23. The van der Waals surface area contributed by atoms with E-state index in [0.29, 0.717) is 6.04 Å². The summed E-state index contributed by atoms with van der Waals surface area (Å²) in [6.07, 6.45) is 1.21. The van der Waals surface area contributed by atoms with E-state index in [-0.39, 0.29) is 12.4 Å². The van der Waals surface area contributed by atoms with Crippen LogP contribution in [0.2, 0.25) is 0 Å². The molecule has 0 fully saturated rings. The maximum Gasteiger partial charge on any atom is 0.0401 e. The van der Waals surface area contributed by atoms with Crippen LogP contribution in [0.25, 0.3) is 0 Å². The predicted octanol–water partition coefficient (Wildman–Crippen LogP) is 2.88. The van der Waals surface area contributed by atoms with Crippen molar-refractivity contribution in [2.24, 2.45) is 0 Å². The summed E-state index contributed by atoms with van der Waals surface area (Å²) in [5, 5.41) is 0. The van der Waals surface area contributed by atoms with Crippen molar-refractivity contribution in [1.82, 2.24) is 0 Å². The van der Waals surface area contributed by atoms with Crippen molar-refractivity contribution in [3.8, 4) is 0 Å². The van der Waals surface area contributed by atoms with Gasteiger partial charge in [0.15, 0.2) is 0 Å². The van der Waals surface area contributed by atoms with Crippen LogP contribution in [0.3, 0.4) is 0 Å². The Morgan fingerprint density at radius 2 is 2.08 bits per heavy atom. The first-order valence-electron chi connectivity index (χ1n) is 4.67. The summed E-state index contributed by atoms with van der Waals surface area (Å²) in [6.45, 7) is 5.64. The summed E-state index contributed by atoms with van der Waals surface area (Å²) >= 11 is 0. The lowest BCUT2D eigenvalue weighted by Gasteiger charge is -2.22. The molecule has 0 saturated carbocycles. The van der Waals surface area contributed by atoms with Crippen LogP contribution in [0.4, 0.5) is 5.69 Å². The molecule has 72 valence electrons. The Hall–Kier alpha value is -0.690. The van der Waals surface area contributed by atoms with Gasteiger partial charge >= 0.3 is 0 Å². The molecule has 1 nitrogen and oxygen atoms in total. The van der Waals surface area contributed by atoms with E-state index < -0.39 is 0 Å². The topological polar surface area (TPSA) is 3.24 Å². The molecule has 0 amide bonds. The van der Waals surface area contributed by atoms with Crippen molar-refractivity contribution in [3.63, 3.8) is 0 Å². The number of nitrogens with zero attached hydrogens (tertiary/aromatic N) is 1. The number of hydrogen-bond acceptors (Lipinski definition) is 1. The molecular weight excluding hydrogens is 182 g/mol. The second-order valence-corrected chi connectivity index (χ2v) is 3.47. The van der Waals surface area contributed by atoms with Gasteiger partial charge in [0.25, 0.3) is 0 Å². The summed E-state index contributed by atoms with van der Waals surface area (Å²) in [7, 11) is 0. The van der Waals surface area contributed by atoms with E-state index in [0.717, 1.165) is 6.54 Å². The summed E-state index contributed by atoms with van der Waals surface area (Å²) in [4.78, 5) is 2.47.